The number of benzene rings is 1. The highest BCUT2D eigenvalue weighted by Gasteiger charge is 2.10. The summed E-state index contributed by atoms with van der Waals surface area (Å²) in [6, 6.07) is 8.43. The lowest BCUT2D eigenvalue weighted by Gasteiger charge is -2.03. The lowest BCUT2D eigenvalue weighted by Crippen LogP contribution is -2.17. The number of carbonyl (C=O) groups is 1. The minimum atomic E-state index is -0.0240. The lowest BCUT2D eigenvalue weighted by molar-refractivity contribution is -0.118. The van der Waals surface area contributed by atoms with Gasteiger partial charge in [0.15, 0.2) is 5.13 Å². The number of aromatic nitrogens is 1. The fourth-order valence-electron chi connectivity index (χ4n) is 1.72. The van der Waals surface area contributed by atoms with Gasteiger partial charge in [-0.2, -0.15) is 0 Å². The molecule has 1 aromatic heterocycles. The number of nitrogens with one attached hydrogen (secondary N) is 1. The zero-order valence-corrected chi connectivity index (χ0v) is 12.3. The van der Waals surface area contributed by atoms with Crippen LogP contribution < -0.4 is 5.32 Å². The Bertz CT molecular complexity index is 575. The van der Waals surface area contributed by atoms with Crippen LogP contribution in [0.1, 0.15) is 29.9 Å². The summed E-state index contributed by atoms with van der Waals surface area (Å²) in [7, 11) is 0. The van der Waals surface area contributed by atoms with Gasteiger partial charge in [-0.3, -0.25) is 4.79 Å². The van der Waals surface area contributed by atoms with Crippen molar-refractivity contribution in [2.24, 2.45) is 5.92 Å². The van der Waals surface area contributed by atoms with Gasteiger partial charge in [0.2, 0.25) is 5.91 Å². The third-order valence-corrected chi connectivity index (χ3v) is 3.68. The van der Waals surface area contributed by atoms with Crippen molar-refractivity contribution in [2.75, 3.05) is 5.32 Å². The summed E-state index contributed by atoms with van der Waals surface area (Å²) in [5.41, 5.74) is 2.53. The number of aryl methyl sites for hydroxylation is 1. The number of anilines is 1. The Morgan fingerprint density at radius 2 is 2.21 bits per heavy atom. The molecule has 0 saturated carbocycles. The third kappa shape index (κ3) is 3.89. The van der Waals surface area contributed by atoms with Gasteiger partial charge in [-0.25, -0.2) is 4.98 Å². The van der Waals surface area contributed by atoms with Crippen molar-refractivity contribution < 1.29 is 4.79 Å². The Labute approximate surface area is 117 Å². The van der Waals surface area contributed by atoms with E-state index in [1.807, 2.05) is 20.0 Å². The summed E-state index contributed by atoms with van der Waals surface area (Å²) >= 11 is 1.54. The smallest absolute Gasteiger partial charge is 0.228 e. The van der Waals surface area contributed by atoms with E-state index >= 15 is 0 Å². The first-order valence-electron chi connectivity index (χ1n) is 6.35. The normalized spacial score (nSPS) is 10.7. The van der Waals surface area contributed by atoms with E-state index in [-0.39, 0.29) is 11.8 Å². The van der Waals surface area contributed by atoms with E-state index in [2.05, 4.69) is 41.5 Å². The number of rotatable bonds is 4. The Morgan fingerprint density at radius 3 is 2.89 bits per heavy atom. The van der Waals surface area contributed by atoms with Gasteiger partial charge in [0.25, 0.3) is 0 Å². The van der Waals surface area contributed by atoms with E-state index in [4.69, 9.17) is 0 Å². The van der Waals surface area contributed by atoms with Gasteiger partial charge >= 0.3 is 0 Å². The molecule has 0 radical (unpaired) electrons. The first-order valence-corrected chi connectivity index (χ1v) is 7.17. The van der Waals surface area contributed by atoms with Gasteiger partial charge < -0.3 is 5.32 Å². The van der Waals surface area contributed by atoms with E-state index in [0.717, 1.165) is 11.3 Å². The van der Waals surface area contributed by atoms with Gasteiger partial charge in [0, 0.05) is 23.4 Å². The topological polar surface area (TPSA) is 42.0 Å². The zero-order chi connectivity index (χ0) is 13.8. The molecule has 0 bridgehead atoms. The maximum Gasteiger partial charge on any atom is 0.228 e. The number of hydrogen-bond donors (Lipinski definition) is 1. The Morgan fingerprint density at radius 1 is 1.42 bits per heavy atom. The van der Waals surface area contributed by atoms with E-state index in [9.17, 15) is 4.79 Å². The van der Waals surface area contributed by atoms with E-state index in [1.54, 1.807) is 0 Å². The molecule has 1 heterocycles. The van der Waals surface area contributed by atoms with Gasteiger partial charge in [0.1, 0.15) is 0 Å². The zero-order valence-electron chi connectivity index (χ0n) is 11.4. The van der Waals surface area contributed by atoms with Crippen molar-refractivity contribution in [3.63, 3.8) is 0 Å². The second kappa shape index (κ2) is 5.97. The summed E-state index contributed by atoms with van der Waals surface area (Å²) in [4.78, 5) is 17.0. The first kappa shape index (κ1) is 13.7. The summed E-state index contributed by atoms with van der Waals surface area (Å²) in [6.45, 7) is 5.83. The van der Waals surface area contributed by atoms with E-state index in [0.29, 0.717) is 5.13 Å². The molecule has 2 aromatic rings. The molecule has 1 amide bonds. The van der Waals surface area contributed by atoms with Crippen molar-refractivity contribution in [3.8, 4) is 0 Å². The van der Waals surface area contributed by atoms with Crippen LogP contribution in [-0.4, -0.2) is 10.9 Å². The fraction of sp³-hybridized carbons (Fsp3) is 0.333. The van der Waals surface area contributed by atoms with Crippen molar-refractivity contribution in [1.29, 1.82) is 0 Å². The molecule has 0 unspecified atom stereocenters. The Balaban J connectivity index is 2.03. The molecule has 0 aliphatic rings. The third-order valence-electron chi connectivity index (χ3n) is 2.77. The highest BCUT2D eigenvalue weighted by atomic mass is 32.1. The number of amides is 1. The number of carbonyl (C=O) groups excluding carboxylic acids is 1. The predicted octanol–water partition coefficient (Wildman–Crippen LogP) is 3.64. The van der Waals surface area contributed by atoms with Crippen LogP contribution in [0.4, 0.5) is 5.13 Å². The molecule has 19 heavy (non-hydrogen) atoms. The SMILES string of the molecule is Cc1cccc(Cc2cnc(NC(=O)C(C)C)s2)c1. The highest BCUT2D eigenvalue weighted by molar-refractivity contribution is 7.15. The van der Waals surface area contributed by atoms with Crippen molar-refractivity contribution in [1.82, 2.24) is 4.98 Å². The van der Waals surface area contributed by atoms with Gasteiger partial charge in [-0.1, -0.05) is 43.7 Å². The molecule has 100 valence electrons. The molecule has 3 nitrogen and oxygen atoms in total. The second-order valence-corrected chi connectivity index (χ2v) is 6.06. The molecule has 1 N–H and O–H groups in total. The minimum Gasteiger partial charge on any atom is -0.302 e. The minimum absolute atomic E-state index is 0.0106. The van der Waals surface area contributed by atoms with Gasteiger partial charge in [-0.15, -0.1) is 11.3 Å². The highest BCUT2D eigenvalue weighted by Crippen LogP contribution is 2.22. The molecule has 0 atom stereocenters. The molecule has 0 spiro atoms. The van der Waals surface area contributed by atoms with Crippen molar-refractivity contribution in [3.05, 3.63) is 46.5 Å². The molecule has 0 aliphatic carbocycles. The monoisotopic (exact) mass is 274 g/mol. The van der Waals surface area contributed by atoms with Crippen molar-refractivity contribution >= 4 is 22.4 Å². The summed E-state index contributed by atoms with van der Waals surface area (Å²) in [6.07, 6.45) is 2.69. The largest absolute Gasteiger partial charge is 0.302 e. The molecular weight excluding hydrogens is 256 g/mol. The number of thiazole rings is 1. The maximum atomic E-state index is 11.6. The van der Waals surface area contributed by atoms with Gasteiger partial charge in [0.05, 0.1) is 0 Å². The van der Waals surface area contributed by atoms with Crippen molar-refractivity contribution in [2.45, 2.75) is 27.2 Å². The lowest BCUT2D eigenvalue weighted by atomic mass is 10.1. The number of hydrogen-bond acceptors (Lipinski definition) is 3. The van der Waals surface area contributed by atoms with Crippen LogP contribution in [0.25, 0.3) is 0 Å². The van der Waals surface area contributed by atoms with E-state index in [1.165, 1.54) is 22.5 Å². The molecule has 0 fully saturated rings. The molecule has 1 aromatic carbocycles. The predicted molar refractivity (Wildman–Crippen MR) is 79.6 cm³/mol. The molecule has 0 saturated heterocycles. The van der Waals surface area contributed by atoms with Crippen LogP contribution in [0, 0.1) is 12.8 Å². The summed E-state index contributed by atoms with van der Waals surface area (Å²) in [5, 5.41) is 3.51. The number of nitrogens with zero attached hydrogens (tertiary/aromatic N) is 1. The quantitative estimate of drug-likeness (QED) is 0.925. The van der Waals surface area contributed by atoms with Crippen LogP contribution in [-0.2, 0) is 11.2 Å². The average molecular weight is 274 g/mol. The molecule has 2 rings (SSSR count). The van der Waals surface area contributed by atoms with Crippen LogP contribution in [0.5, 0.6) is 0 Å². The Hall–Kier alpha value is -1.68. The maximum absolute atomic E-state index is 11.6. The average Bonchev–Trinajstić information content (AvgIpc) is 2.76. The van der Waals surface area contributed by atoms with Crippen LogP contribution in [0.15, 0.2) is 30.5 Å². The standard InChI is InChI=1S/C15H18N2OS/c1-10(2)14(18)17-15-16-9-13(19-15)8-12-6-4-5-11(3)7-12/h4-7,9-10H,8H2,1-3H3,(H,16,17,18). The van der Waals surface area contributed by atoms with Crippen LogP contribution in [0.2, 0.25) is 0 Å². The molecule has 4 heteroatoms. The van der Waals surface area contributed by atoms with E-state index < -0.39 is 0 Å². The fourth-order valence-corrected chi connectivity index (χ4v) is 2.57. The summed E-state index contributed by atoms with van der Waals surface area (Å²) in [5.74, 6) is -0.0134. The van der Waals surface area contributed by atoms with Gasteiger partial charge in [-0.05, 0) is 12.5 Å². The van der Waals surface area contributed by atoms with Crippen LogP contribution >= 0.6 is 11.3 Å². The Kier molecular flexibility index (Phi) is 4.32. The second-order valence-electron chi connectivity index (χ2n) is 4.94. The first-order chi connectivity index (χ1) is 9.04. The summed E-state index contributed by atoms with van der Waals surface area (Å²) < 4.78 is 0. The van der Waals surface area contributed by atoms with Crippen LogP contribution in [0.3, 0.4) is 0 Å². The molecule has 0 aliphatic heterocycles. The molecular formula is C15H18N2OS.